The van der Waals surface area contributed by atoms with Crippen molar-refractivity contribution in [2.45, 2.75) is 0 Å². The van der Waals surface area contributed by atoms with Crippen LogP contribution in [0.1, 0.15) is 5.56 Å². The molecule has 1 aliphatic heterocycles. The number of methoxy groups -OCH3 is 2. The highest BCUT2D eigenvalue weighted by Gasteiger charge is 2.19. The van der Waals surface area contributed by atoms with Crippen LogP contribution in [-0.2, 0) is 4.79 Å². The number of hydrogen-bond acceptors (Lipinski definition) is 4. The van der Waals surface area contributed by atoms with Crippen LogP contribution in [0.3, 0.4) is 0 Å². The standard InChI is InChI=1S/C21H23ClN2O3/c1-26-19-13-16(14-20(15-19)27-2)3-8-21(25)24-11-9-23(10-12-24)18-6-4-17(22)5-7-18/h3-8,13-15H,9-12H2,1-2H3. The Morgan fingerprint density at radius 2 is 1.56 bits per heavy atom. The first-order chi connectivity index (χ1) is 13.1. The highest BCUT2D eigenvalue weighted by molar-refractivity contribution is 6.30. The molecule has 0 atom stereocenters. The molecular formula is C21H23ClN2O3. The van der Waals surface area contributed by atoms with E-state index in [9.17, 15) is 4.79 Å². The van der Waals surface area contributed by atoms with Gasteiger partial charge in [-0.2, -0.15) is 0 Å². The molecule has 0 aromatic heterocycles. The van der Waals surface area contributed by atoms with E-state index in [1.165, 1.54) is 0 Å². The van der Waals surface area contributed by atoms with Crippen molar-refractivity contribution in [3.8, 4) is 11.5 Å². The van der Waals surface area contributed by atoms with Gasteiger partial charge in [-0.3, -0.25) is 4.79 Å². The van der Waals surface area contributed by atoms with Gasteiger partial charge in [-0.05, 0) is 48.0 Å². The van der Waals surface area contributed by atoms with Gasteiger partial charge in [0.05, 0.1) is 14.2 Å². The van der Waals surface area contributed by atoms with Gasteiger partial charge in [0.1, 0.15) is 11.5 Å². The van der Waals surface area contributed by atoms with Gasteiger partial charge >= 0.3 is 0 Å². The van der Waals surface area contributed by atoms with Crippen molar-refractivity contribution < 1.29 is 14.3 Å². The molecule has 0 bridgehead atoms. The fourth-order valence-electron chi connectivity index (χ4n) is 3.04. The summed E-state index contributed by atoms with van der Waals surface area (Å²) in [4.78, 5) is 16.6. The van der Waals surface area contributed by atoms with E-state index in [0.717, 1.165) is 29.4 Å². The Bertz CT molecular complexity index is 790. The predicted octanol–water partition coefficient (Wildman–Crippen LogP) is 3.72. The first kappa shape index (κ1) is 19.1. The highest BCUT2D eigenvalue weighted by atomic mass is 35.5. The second kappa shape index (κ2) is 8.82. The third-order valence-corrected chi connectivity index (χ3v) is 4.83. The van der Waals surface area contributed by atoms with Crippen LogP contribution in [0.5, 0.6) is 11.5 Å². The summed E-state index contributed by atoms with van der Waals surface area (Å²) < 4.78 is 10.5. The molecule has 1 aliphatic rings. The maximum atomic E-state index is 12.5. The zero-order valence-corrected chi connectivity index (χ0v) is 16.3. The van der Waals surface area contributed by atoms with E-state index < -0.39 is 0 Å². The van der Waals surface area contributed by atoms with Crippen LogP contribution in [0.4, 0.5) is 5.69 Å². The number of carbonyl (C=O) groups excluding carboxylic acids is 1. The number of ether oxygens (including phenoxy) is 2. The molecular weight excluding hydrogens is 364 g/mol. The molecule has 2 aromatic rings. The molecule has 0 spiro atoms. The number of hydrogen-bond donors (Lipinski definition) is 0. The number of amides is 1. The third-order valence-electron chi connectivity index (χ3n) is 4.58. The molecule has 0 aliphatic carbocycles. The van der Waals surface area contributed by atoms with Crippen LogP contribution in [-0.4, -0.2) is 51.2 Å². The third kappa shape index (κ3) is 4.95. The Hall–Kier alpha value is -2.66. The quantitative estimate of drug-likeness (QED) is 0.734. The highest BCUT2D eigenvalue weighted by Crippen LogP contribution is 2.23. The first-order valence-electron chi connectivity index (χ1n) is 8.79. The second-order valence-electron chi connectivity index (χ2n) is 6.27. The molecule has 1 heterocycles. The maximum absolute atomic E-state index is 12.5. The van der Waals surface area contributed by atoms with E-state index in [2.05, 4.69) is 4.90 Å². The number of piperazine rings is 1. The van der Waals surface area contributed by atoms with E-state index in [-0.39, 0.29) is 5.91 Å². The van der Waals surface area contributed by atoms with E-state index in [0.29, 0.717) is 24.6 Å². The summed E-state index contributed by atoms with van der Waals surface area (Å²) in [5.41, 5.74) is 1.99. The lowest BCUT2D eigenvalue weighted by atomic mass is 10.1. The zero-order valence-electron chi connectivity index (χ0n) is 15.5. The molecule has 1 saturated heterocycles. The molecule has 6 heteroatoms. The van der Waals surface area contributed by atoms with Gasteiger partial charge in [0.2, 0.25) is 5.91 Å². The van der Waals surface area contributed by atoms with Gasteiger partial charge in [-0.25, -0.2) is 0 Å². The number of nitrogens with zero attached hydrogens (tertiary/aromatic N) is 2. The van der Waals surface area contributed by atoms with Crippen molar-refractivity contribution in [2.24, 2.45) is 0 Å². The van der Waals surface area contributed by atoms with E-state index in [4.69, 9.17) is 21.1 Å². The summed E-state index contributed by atoms with van der Waals surface area (Å²) in [6, 6.07) is 13.3. The summed E-state index contributed by atoms with van der Waals surface area (Å²) in [5, 5.41) is 0.729. The lowest BCUT2D eigenvalue weighted by Gasteiger charge is -2.35. The number of halogens is 1. The largest absolute Gasteiger partial charge is 0.497 e. The second-order valence-corrected chi connectivity index (χ2v) is 6.70. The molecule has 0 N–H and O–H groups in total. The molecule has 0 radical (unpaired) electrons. The summed E-state index contributed by atoms with van der Waals surface area (Å²) in [7, 11) is 3.21. The zero-order chi connectivity index (χ0) is 19.2. The van der Waals surface area contributed by atoms with Crippen molar-refractivity contribution in [3.63, 3.8) is 0 Å². The van der Waals surface area contributed by atoms with Gasteiger partial charge in [0.25, 0.3) is 0 Å². The number of anilines is 1. The lowest BCUT2D eigenvalue weighted by molar-refractivity contribution is -0.126. The van der Waals surface area contributed by atoms with Crippen LogP contribution in [0.2, 0.25) is 5.02 Å². The molecule has 142 valence electrons. The van der Waals surface area contributed by atoms with Gasteiger partial charge in [0.15, 0.2) is 0 Å². The Morgan fingerprint density at radius 3 is 2.11 bits per heavy atom. The van der Waals surface area contributed by atoms with Crippen molar-refractivity contribution in [1.29, 1.82) is 0 Å². The maximum Gasteiger partial charge on any atom is 0.246 e. The molecule has 0 unspecified atom stereocenters. The van der Waals surface area contributed by atoms with Crippen molar-refractivity contribution in [3.05, 3.63) is 59.1 Å². The summed E-state index contributed by atoms with van der Waals surface area (Å²) >= 11 is 5.94. The van der Waals surface area contributed by atoms with Crippen molar-refractivity contribution >= 4 is 29.3 Å². The van der Waals surface area contributed by atoms with Crippen LogP contribution >= 0.6 is 11.6 Å². The predicted molar refractivity (Wildman–Crippen MR) is 109 cm³/mol. The Morgan fingerprint density at radius 1 is 0.963 bits per heavy atom. The van der Waals surface area contributed by atoms with Crippen molar-refractivity contribution in [2.75, 3.05) is 45.3 Å². The molecule has 5 nitrogen and oxygen atoms in total. The average Bonchev–Trinajstić information content (AvgIpc) is 2.72. The number of benzene rings is 2. The SMILES string of the molecule is COc1cc(C=CC(=O)N2CCN(c3ccc(Cl)cc3)CC2)cc(OC)c1. The van der Waals surface area contributed by atoms with E-state index in [1.807, 2.05) is 41.3 Å². The molecule has 27 heavy (non-hydrogen) atoms. The number of carbonyl (C=O) groups is 1. The minimum Gasteiger partial charge on any atom is -0.497 e. The lowest BCUT2D eigenvalue weighted by Crippen LogP contribution is -2.48. The van der Waals surface area contributed by atoms with Gasteiger partial charge < -0.3 is 19.3 Å². The summed E-state index contributed by atoms with van der Waals surface area (Å²) in [6.07, 6.45) is 3.39. The molecule has 2 aromatic carbocycles. The van der Waals surface area contributed by atoms with Crippen LogP contribution < -0.4 is 14.4 Å². The minimum absolute atomic E-state index is 0.00698. The van der Waals surface area contributed by atoms with Crippen molar-refractivity contribution in [1.82, 2.24) is 4.90 Å². The number of rotatable bonds is 5. The Balaban J connectivity index is 1.59. The van der Waals surface area contributed by atoms with E-state index >= 15 is 0 Å². The van der Waals surface area contributed by atoms with Crippen LogP contribution in [0.15, 0.2) is 48.5 Å². The fourth-order valence-corrected chi connectivity index (χ4v) is 3.16. The normalized spacial score (nSPS) is 14.5. The van der Waals surface area contributed by atoms with Gasteiger partial charge in [-0.15, -0.1) is 0 Å². The Kier molecular flexibility index (Phi) is 6.24. The molecule has 3 rings (SSSR count). The summed E-state index contributed by atoms with van der Waals surface area (Å²) in [6.45, 7) is 2.98. The van der Waals surface area contributed by atoms with Crippen LogP contribution in [0, 0.1) is 0 Å². The monoisotopic (exact) mass is 386 g/mol. The topological polar surface area (TPSA) is 42.0 Å². The average molecular weight is 387 g/mol. The summed E-state index contributed by atoms with van der Waals surface area (Å²) in [5.74, 6) is 1.39. The Labute approximate surface area is 164 Å². The minimum atomic E-state index is 0.00698. The first-order valence-corrected chi connectivity index (χ1v) is 9.17. The smallest absolute Gasteiger partial charge is 0.246 e. The molecule has 1 fully saturated rings. The van der Waals surface area contributed by atoms with Crippen LogP contribution in [0.25, 0.3) is 6.08 Å². The fraction of sp³-hybridized carbons (Fsp3) is 0.286. The van der Waals surface area contributed by atoms with Gasteiger partial charge in [-0.1, -0.05) is 11.6 Å². The van der Waals surface area contributed by atoms with E-state index in [1.54, 1.807) is 32.4 Å². The molecule has 1 amide bonds. The van der Waals surface area contributed by atoms with Gasteiger partial charge in [0, 0.05) is 49.0 Å². The molecule has 0 saturated carbocycles.